The van der Waals surface area contributed by atoms with E-state index in [0.717, 1.165) is 4.20 Å². The zero-order valence-electron chi connectivity index (χ0n) is 6.85. The van der Waals surface area contributed by atoms with Crippen molar-refractivity contribution < 1.29 is 0 Å². The van der Waals surface area contributed by atoms with Crippen LogP contribution >= 0.6 is 35.7 Å². The van der Waals surface area contributed by atoms with Crippen LogP contribution in [0.3, 0.4) is 0 Å². The van der Waals surface area contributed by atoms with Crippen molar-refractivity contribution in [3.8, 4) is 0 Å². The van der Waals surface area contributed by atoms with Crippen molar-refractivity contribution in [2.24, 2.45) is 0 Å². The second kappa shape index (κ2) is 4.53. The molecule has 0 atom stereocenters. The summed E-state index contributed by atoms with van der Waals surface area (Å²) in [4.78, 5) is 1.52. The molecule has 1 aliphatic carbocycles. The van der Waals surface area contributed by atoms with Crippen LogP contribution in [0.5, 0.6) is 0 Å². The van der Waals surface area contributed by atoms with Crippen molar-refractivity contribution in [1.29, 1.82) is 0 Å². The van der Waals surface area contributed by atoms with Gasteiger partial charge in [-0.25, -0.2) is 0 Å². The summed E-state index contributed by atoms with van der Waals surface area (Å²) in [6.07, 6.45) is 7.95. The Kier molecular flexibility index (Phi) is 3.96. The first-order chi connectivity index (χ1) is 5.29. The first-order valence-electron chi connectivity index (χ1n) is 3.64. The molecule has 0 fully saturated rings. The summed E-state index contributed by atoms with van der Waals surface area (Å²) in [5, 5.41) is 0. The molecule has 0 aliphatic heterocycles. The minimum Gasteiger partial charge on any atom is -0.134 e. The molecular weight excluding hydrogens is 192 g/mol. The maximum absolute atomic E-state index is 5.25. The summed E-state index contributed by atoms with van der Waals surface area (Å²) in [5.74, 6) is 0. The van der Waals surface area contributed by atoms with Gasteiger partial charge in [0.25, 0.3) is 0 Å². The molecule has 1 aliphatic rings. The monoisotopic (exact) mass is 204 g/mol. The van der Waals surface area contributed by atoms with Gasteiger partial charge in [0, 0.05) is 0 Å². The molecule has 0 aromatic carbocycles. The summed E-state index contributed by atoms with van der Waals surface area (Å²) < 4.78 is 1.10. The first-order valence-corrected chi connectivity index (χ1v) is 6.49. The summed E-state index contributed by atoms with van der Waals surface area (Å²) in [6, 6.07) is 0. The van der Waals surface area contributed by atoms with E-state index in [1.165, 1.54) is 29.7 Å². The Morgan fingerprint density at radius 3 is 2.64 bits per heavy atom. The molecule has 1 rings (SSSR count). The van der Waals surface area contributed by atoms with Gasteiger partial charge in [-0.1, -0.05) is 12.2 Å². The summed E-state index contributed by atoms with van der Waals surface area (Å²) >= 11 is 8.81. The van der Waals surface area contributed by atoms with Gasteiger partial charge >= 0.3 is 0 Å². The van der Waals surface area contributed by atoms with E-state index in [9.17, 15) is 0 Å². The predicted molar refractivity (Wildman–Crippen MR) is 60.5 cm³/mol. The molecule has 0 heterocycles. The highest BCUT2D eigenvalue weighted by molar-refractivity contribution is 8.23. The van der Waals surface area contributed by atoms with E-state index in [1.54, 1.807) is 11.8 Å². The first kappa shape index (κ1) is 9.62. The zero-order chi connectivity index (χ0) is 8.27. The Labute approximate surface area is 82.2 Å². The van der Waals surface area contributed by atoms with Crippen molar-refractivity contribution in [2.45, 2.75) is 19.3 Å². The van der Waals surface area contributed by atoms with Crippen LogP contribution < -0.4 is 0 Å². The fourth-order valence-corrected chi connectivity index (χ4v) is 2.91. The summed E-state index contributed by atoms with van der Waals surface area (Å²) in [7, 11) is 0. The van der Waals surface area contributed by atoms with Gasteiger partial charge in [-0.2, -0.15) is 0 Å². The lowest BCUT2D eigenvalue weighted by atomic mass is 10.3. The zero-order valence-corrected chi connectivity index (χ0v) is 9.30. The molecule has 0 saturated heterocycles. The van der Waals surface area contributed by atoms with Crippen LogP contribution in [0.25, 0.3) is 0 Å². The van der Waals surface area contributed by atoms with Crippen LogP contribution in [0, 0.1) is 0 Å². The van der Waals surface area contributed by atoms with Crippen LogP contribution in [-0.4, -0.2) is 16.7 Å². The predicted octanol–water partition coefficient (Wildman–Crippen LogP) is 3.48. The molecule has 0 radical (unpaired) electrons. The molecule has 0 aromatic heterocycles. The van der Waals surface area contributed by atoms with E-state index in [4.69, 9.17) is 12.2 Å². The van der Waals surface area contributed by atoms with Crippen LogP contribution in [0.2, 0.25) is 0 Å². The van der Waals surface area contributed by atoms with Gasteiger partial charge in [-0.15, -0.1) is 23.5 Å². The van der Waals surface area contributed by atoms with E-state index in [2.05, 4.69) is 12.5 Å². The number of hydrogen-bond acceptors (Lipinski definition) is 3. The average Bonchev–Trinajstić information content (AvgIpc) is 2.50. The summed E-state index contributed by atoms with van der Waals surface area (Å²) in [6.45, 7) is 0. The van der Waals surface area contributed by atoms with Gasteiger partial charge in [0.1, 0.15) is 0 Å². The van der Waals surface area contributed by atoms with Crippen LogP contribution in [-0.2, 0) is 0 Å². The minimum atomic E-state index is 1.10. The molecular formula is C8H12S3. The van der Waals surface area contributed by atoms with Crippen molar-refractivity contribution in [2.75, 3.05) is 12.5 Å². The molecule has 0 N–H and O–H groups in total. The fraction of sp³-hybridized carbons (Fsp3) is 0.625. The second-order valence-corrected chi connectivity index (χ2v) is 4.84. The summed E-state index contributed by atoms with van der Waals surface area (Å²) in [5.41, 5.74) is 1.44. The Morgan fingerprint density at radius 2 is 2.09 bits per heavy atom. The smallest absolute Gasteiger partial charge is 0.0743 e. The van der Waals surface area contributed by atoms with E-state index in [0.29, 0.717) is 0 Å². The molecule has 0 nitrogen and oxygen atoms in total. The molecule has 0 bridgehead atoms. The second-order valence-electron chi connectivity index (χ2n) is 2.45. The standard InChI is InChI=1S/C8H12S3/c1-10-7-5-3-4-6(7)8(9)11-2/h3-5H2,1-2H3. The molecule has 0 spiro atoms. The highest BCUT2D eigenvalue weighted by atomic mass is 32.2. The molecule has 0 aromatic rings. The van der Waals surface area contributed by atoms with Gasteiger partial charge in [0.15, 0.2) is 0 Å². The average molecular weight is 204 g/mol. The third kappa shape index (κ3) is 2.23. The number of allylic oxidation sites excluding steroid dienone is 1. The lowest BCUT2D eigenvalue weighted by Gasteiger charge is -2.02. The SMILES string of the molecule is CSC(=S)C1=C(SC)CCC1. The number of thiocarbonyl (C=S) groups is 1. The van der Waals surface area contributed by atoms with Crippen LogP contribution in [0.4, 0.5) is 0 Å². The van der Waals surface area contributed by atoms with Crippen LogP contribution in [0.15, 0.2) is 10.5 Å². The van der Waals surface area contributed by atoms with Crippen molar-refractivity contribution >= 4 is 39.9 Å². The largest absolute Gasteiger partial charge is 0.134 e. The van der Waals surface area contributed by atoms with E-state index < -0.39 is 0 Å². The van der Waals surface area contributed by atoms with E-state index in [1.807, 2.05) is 11.8 Å². The van der Waals surface area contributed by atoms with Gasteiger partial charge in [0.2, 0.25) is 0 Å². The van der Waals surface area contributed by atoms with Gasteiger partial charge in [-0.3, -0.25) is 0 Å². The van der Waals surface area contributed by atoms with Crippen molar-refractivity contribution in [3.05, 3.63) is 10.5 Å². The number of hydrogen-bond donors (Lipinski definition) is 0. The van der Waals surface area contributed by atoms with Gasteiger partial charge in [0.05, 0.1) is 4.20 Å². The Balaban J connectivity index is 2.74. The van der Waals surface area contributed by atoms with Crippen LogP contribution in [0.1, 0.15) is 19.3 Å². The highest BCUT2D eigenvalue weighted by Gasteiger charge is 2.16. The van der Waals surface area contributed by atoms with Crippen molar-refractivity contribution in [1.82, 2.24) is 0 Å². The Hall–Kier alpha value is 0.530. The molecule has 62 valence electrons. The Morgan fingerprint density at radius 1 is 1.36 bits per heavy atom. The molecule has 11 heavy (non-hydrogen) atoms. The highest BCUT2D eigenvalue weighted by Crippen LogP contribution is 2.35. The molecule has 3 heteroatoms. The lowest BCUT2D eigenvalue weighted by molar-refractivity contribution is 0.918. The molecule has 0 amide bonds. The maximum Gasteiger partial charge on any atom is 0.0743 e. The van der Waals surface area contributed by atoms with E-state index in [-0.39, 0.29) is 0 Å². The molecule has 0 saturated carbocycles. The Bertz CT molecular complexity index is 194. The van der Waals surface area contributed by atoms with Crippen molar-refractivity contribution in [3.63, 3.8) is 0 Å². The molecule has 0 unspecified atom stereocenters. The third-order valence-electron chi connectivity index (χ3n) is 1.85. The third-order valence-corrected chi connectivity index (χ3v) is 4.15. The lowest BCUT2D eigenvalue weighted by Crippen LogP contribution is -1.91. The minimum absolute atomic E-state index is 1.10. The fourth-order valence-electron chi connectivity index (χ4n) is 1.28. The number of rotatable bonds is 2. The maximum atomic E-state index is 5.25. The van der Waals surface area contributed by atoms with Gasteiger partial charge in [-0.05, 0) is 42.3 Å². The van der Waals surface area contributed by atoms with Gasteiger partial charge < -0.3 is 0 Å². The normalized spacial score (nSPS) is 17.6. The number of thioether (sulfide) groups is 2. The topological polar surface area (TPSA) is 0 Å². The van der Waals surface area contributed by atoms with E-state index >= 15 is 0 Å². The quantitative estimate of drug-likeness (QED) is 0.632.